The number of hydrogen-bond donors (Lipinski definition) is 1. The van der Waals surface area contributed by atoms with E-state index < -0.39 is 0 Å². The van der Waals surface area contributed by atoms with Crippen molar-refractivity contribution in [1.29, 1.82) is 0 Å². The molecule has 2 N–H and O–H groups in total. The van der Waals surface area contributed by atoms with E-state index in [1.54, 1.807) is 24.3 Å². The normalized spacial score (nSPS) is 10.4. The maximum absolute atomic E-state index is 12.3. The lowest BCUT2D eigenvalue weighted by atomic mass is 10.0. The van der Waals surface area contributed by atoms with Gasteiger partial charge in [0.05, 0.1) is 10.7 Å². The van der Waals surface area contributed by atoms with Crippen molar-refractivity contribution in [3.05, 3.63) is 62.6 Å². The van der Waals surface area contributed by atoms with Gasteiger partial charge in [0.2, 0.25) is 0 Å². The Kier molecular flexibility index (Phi) is 3.73. The lowest BCUT2D eigenvalue weighted by molar-refractivity contribution is 0.103. The fourth-order valence-electron chi connectivity index (χ4n) is 1.62. The van der Waals surface area contributed by atoms with Crippen LogP contribution >= 0.6 is 27.5 Å². The van der Waals surface area contributed by atoms with Gasteiger partial charge in [0.25, 0.3) is 0 Å². The van der Waals surface area contributed by atoms with E-state index in [0.717, 1.165) is 10.0 Å². The number of anilines is 1. The summed E-state index contributed by atoms with van der Waals surface area (Å²) < 4.78 is 0.981. The van der Waals surface area contributed by atoms with Crippen LogP contribution in [0.1, 0.15) is 21.5 Å². The molecule has 92 valence electrons. The van der Waals surface area contributed by atoms with Crippen LogP contribution in [0.15, 0.2) is 40.9 Å². The number of carbonyl (C=O) groups is 1. The molecule has 0 aliphatic rings. The van der Waals surface area contributed by atoms with Crippen molar-refractivity contribution in [2.24, 2.45) is 0 Å². The van der Waals surface area contributed by atoms with Gasteiger partial charge < -0.3 is 5.73 Å². The molecule has 0 saturated carbocycles. The Morgan fingerprint density at radius 2 is 1.78 bits per heavy atom. The molecule has 2 nitrogen and oxygen atoms in total. The third-order valence-corrected chi connectivity index (χ3v) is 3.90. The van der Waals surface area contributed by atoms with Crippen LogP contribution < -0.4 is 5.73 Å². The van der Waals surface area contributed by atoms with Gasteiger partial charge in [0.15, 0.2) is 5.78 Å². The molecule has 2 aromatic rings. The van der Waals surface area contributed by atoms with Crippen LogP contribution in [0.2, 0.25) is 5.02 Å². The molecule has 0 heterocycles. The minimum atomic E-state index is -0.0625. The first-order valence-corrected chi connectivity index (χ1v) is 6.52. The Bertz CT molecular complexity index is 572. The van der Waals surface area contributed by atoms with E-state index in [2.05, 4.69) is 15.9 Å². The van der Waals surface area contributed by atoms with Crippen molar-refractivity contribution in [1.82, 2.24) is 0 Å². The van der Waals surface area contributed by atoms with Gasteiger partial charge in [-0.05, 0) is 48.9 Å². The fourth-order valence-corrected chi connectivity index (χ4v) is 2.05. The number of carbonyl (C=O) groups excluding carboxylic acids is 1. The standard InChI is InChI=1S/C14H11BrClNO/c1-8-6-9(2-4-11(8)15)14(18)10-3-5-13(17)12(16)7-10/h2-7H,17H2,1H3. The SMILES string of the molecule is Cc1cc(C(=O)c2ccc(N)c(Cl)c2)ccc1Br. The highest BCUT2D eigenvalue weighted by Gasteiger charge is 2.11. The van der Waals surface area contributed by atoms with Crippen LogP contribution in [0, 0.1) is 6.92 Å². The van der Waals surface area contributed by atoms with E-state index in [9.17, 15) is 4.79 Å². The second-order valence-electron chi connectivity index (χ2n) is 4.03. The number of ketones is 1. The number of rotatable bonds is 2. The molecule has 0 fully saturated rings. The van der Waals surface area contributed by atoms with Crippen LogP contribution in [0.4, 0.5) is 5.69 Å². The molecule has 0 spiro atoms. The topological polar surface area (TPSA) is 43.1 Å². The van der Waals surface area contributed by atoms with E-state index in [0.29, 0.717) is 21.8 Å². The molecule has 0 unspecified atom stereocenters. The van der Waals surface area contributed by atoms with Gasteiger partial charge in [0.1, 0.15) is 0 Å². The highest BCUT2D eigenvalue weighted by atomic mass is 79.9. The van der Waals surface area contributed by atoms with Gasteiger partial charge in [-0.3, -0.25) is 4.79 Å². The summed E-state index contributed by atoms with van der Waals surface area (Å²) in [6.07, 6.45) is 0. The van der Waals surface area contributed by atoms with Crippen molar-refractivity contribution in [2.45, 2.75) is 6.92 Å². The first-order chi connectivity index (χ1) is 8.49. The summed E-state index contributed by atoms with van der Waals surface area (Å²) in [6.45, 7) is 1.94. The second kappa shape index (κ2) is 5.12. The Morgan fingerprint density at radius 1 is 1.17 bits per heavy atom. The molecule has 0 bridgehead atoms. The number of aryl methyl sites for hydroxylation is 1. The van der Waals surface area contributed by atoms with Crippen molar-refractivity contribution >= 4 is 39.0 Å². The highest BCUT2D eigenvalue weighted by Crippen LogP contribution is 2.23. The van der Waals surface area contributed by atoms with Gasteiger partial charge in [-0.15, -0.1) is 0 Å². The van der Waals surface area contributed by atoms with Crippen molar-refractivity contribution in [3.63, 3.8) is 0 Å². The minimum Gasteiger partial charge on any atom is -0.398 e. The van der Waals surface area contributed by atoms with E-state index in [-0.39, 0.29) is 5.78 Å². The zero-order chi connectivity index (χ0) is 13.3. The van der Waals surface area contributed by atoms with Crippen LogP contribution in [-0.4, -0.2) is 5.78 Å². The van der Waals surface area contributed by atoms with E-state index in [4.69, 9.17) is 17.3 Å². The Balaban J connectivity index is 2.41. The van der Waals surface area contributed by atoms with Gasteiger partial charge in [0, 0.05) is 15.6 Å². The average Bonchev–Trinajstić information content (AvgIpc) is 2.35. The molecule has 4 heteroatoms. The Hall–Kier alpha value is -1.32. The summed E-state index contributed by atoms with van der Waals surface area (Å²) in [6, 6.07) is 10.4. The molecule has 0 aromatic heterocycles. The smallest absolute Gasteiger partial charge is 0.193 e. The van der Waals surface area contributed by atoms with Gasteiger partial charge >= 0.3 is 0 Å². The summed E-state index contributed by atoms with van der Waals surface area (Å²) in [5.41, 5.74) is 8.28. The molecule has 0 aliphatic heterocycles. The third-order valence-electron chi connectivity index (χ3n) is 2.68. The first-order valence-electron chi connectivity index (χ1n) is 5.35. The number of benzene rings is 2. The number of hydrogen-bond acceptors (Lipinski definition) is 2. The van der Waals surface area contributed by atoms with Gasteiger partial charge in [-0.1, -0.05) is 27.5 Å². The van der Waals surface area contributed by atoms with E-state index in [1.807, 2.05) is 19.1 Å². The van der Waals surface area contributed by atoms with E-state index in [1.165, 1.54) is 0 Å². The summed E-state index contributed by atoms with van der Waals surface area (Å²) in [4.78, 5) is 12.3. The number of halogens is 2. The number of nitrogens with two attached hydrogens (primary N) is 1. The highest BCUT2D eigenvalue weighted by molar-refractivity contribution is 9.10. The van der Waals surface area contributed by atoms with Crippen molar-refractivity contribution < 1.29 is 4.79 Å². The molecular weight excluding hydrogens is 314 g/mol. The molecule has 0 saturated heterocycles. The summed E-state index contributed by atoms with van der Waals surface area (Å²) >= 11 is 9.32. The van der Waals surface area contributed by atoms with E-state index >= 15 is 0 Å². The molecule has 0 amide bonds. The first kappa shape index (κ1) is 13.1. The summed E-state index contributed by atoms with van der Waals surface area (Å²) in [7, 11) is 0. The quantitative estimate of drug-likeness (QED) is 0.664. The lowest BCUT2D eigenvalue weighted by Crippen LogP contribution is -2.02. The molecule has 2 aromatic carbocycles. The minimum absolute atomic E-state index is 0.0625. The maximum Gasteiger partial charge on any atom is 0.193 e. The molecule has 0 atom stereocenters. The molecule has 2 rings (SSSR count). The molecule has 0 aliphatic carbocycles. The Morgan fingerprint density at radius 3 is 2.39 bits per heavy atom. The van der Waals surface area contributed by atoms with Crippen LogP contribution in [0.5, 0.6) is 0 Å². The third kappa shape index (κ3) is 2.57. The maximum atomic E-state index is 12.3. The van der Waals surface area contributed by atoms with Crippen LogP contribution in [0.25, 0.3) is 0 Å². The second-order valence-corrected chi connectivity index (χ2v) is 5.29. The average molecular weight is 325 g/mol. The van der Waals surface area contributed by atoms with Gasteiger partial charge in [-0.2, -0.15) is 0 Å². The van der Waals surface area contributed by atoms with Gasteiger partial charge in [-0.25, -0.2) is 0 Å². The van der Waals surface area contributed by atoms with Crippen molar-refractivity contribution in [3.8, 4) is 0 Å². The molecule has 18 heavy (non-hydrogen) atoms. The fraction of sp³-hybridized carbons (Fsp3) is 0.0714. The Labute approximate surface area is 119 Å². The predicted molar refractivity (Wildman–Crippen MR) is 78.2 cm³/mol. The summed E-state index contributed by atoms with van der Waals surface area (Å²) in [5.74, 6) is -0.0625. The summed E-state index contributed by atoms with van der Waals surface area (Å²) in [5, 5.41) is 0.398. The number of nitrogen functional groups attached to an aromatic ring is 1. The van der Waals surface area contributed by atoms with Crippen LogP contribution in [0.3, 0.4) is 0 Å². The van der Waals surface area contributed by atoms with Crippen molar-refractivity contribution in [2.75, 3.05) is 5.73 Å². The predicted octanol–water partition coefficient (Wildman–Crippen LogP) is 4.22. The molecule has 0 radical (unpaired) electrons. The zero-order valence-electron chi connectivity index (χ0n) is 9.71. The molecular formula is C14H11BrClNO. The zero-order valence-corrected chi connectivity index (χ0v) is 12.0. The van der Waals surface area contributed by atoms with Crippen LogP contribution in [-0.2, 0) is 0 Å². The largest absolute Gasteiger partial charge is 0.398 e. The lowest BCUT2D eigenvalue weighted by Gasteiger charge is -2.05. The monoisotopic (exact) mass is 323 g/mol.